The lowest BCUT2D eigenvalue weighted by Crippen LogP contribution is -2.10. The van der Waals surface area contributed by atoms with Crippen LogP contribution in [0.15, 0.2) is 30.3 Å². The second-order valence-corrected chi connectivity index (χ2v) is 5.57. The molecule has 2 atom stereocenters. The lowest BCUT2D eigenvalue weighted by atomic mass is 10.0. The molecule has 0 saturated carbocycles. The lowest BCUT2D eigenvalue weighted by molar-refractivity contribution is -0.139. The molecule has 0 aliphatic heterocycles. The fraction of sp³-hybridized carbons (Fsp3) is 0.429. The number of thiocarbonyl (C=S) groups is 1. The predicted molar refractivity (Wildman–Crippen MR) is 84.9 cm³/mol. The van der Waals surface area contributed by atoms with Crippen LogP contribution in [0.2, 0.25) is 0 Å². The zero-order chi connectivity index (χ0) is 14.8. The third kappa shape index (κ3) is 7.28. The SMILES string of the molecule is COC(=O)C(C)Br.COC(=S)C(C)c1ccccc1. The first kappa shape index (κ1) is 18.1. The molecule has 0 amide bonds. The molecule has 0 aliphatic rings. The zero-order valence-corrected chi connectivity index (χ0v) is 14.0. The summed E-state index contributed by atoms with van der Waals surface area (Å²) in [4.78, 5) is 10.1. The van der Waals surface area contributed by atoms with Crippen LogP contribution < -0.4 is 0 Å². The largest absolute Gasteiger partial charge is 0.490 e. The highest BCUT2D eigenvalue weighted by atomic mass is 79.9. The molecule has 0 saturated heterocycles. The molecule has 19 heavy (non-hydrogen) atoms. The molecule has 1 aromatic carbocycles. The maximum atomic E-state index is 10.2. The van der Waals surface area contributed by atoms with Gasteiger partial charge >= 0.3 is 5.97 Å². The Kier molecular flexibility index (Phi) is 9.43. The van der Waals surface area contributed by atoms with Gasteiger partial charge in [0, 0.05) is 5.92 Å². The molecule has 0 aliphatic carbocycles. The van der Waals surface area contributed by atoms with Crippen LogP contribution >= 0.6 is 28.1 Å². The van der Waals surface area contributed by atoms with Gasteiger partial charge in [-0.2, -0.15) is 0 Å². The Bertz CT molecular complexity index is 393. The fourth-order valence-electron chi connectivity index (χ4n) is 1.22. The highest BCUT2D eigenvalue weighted by Gasteiger charge is 2.09. The Morgan fingerprint density at radius 3 is 2.00 bits per heavy atom. The van der Waals surface area contributed by atoms with E-state index in [2.05, 4.69) is 32.8 Å². The van der Waals surface area contributed by atoms with Crippen LogP contribution in [0.5, 0.6) is 0 Å². The summed E-state index contributed by atoms with van der Waals surface area (Å²) in [5, 5.41) is 0.640. The Balaban J connectivity index is 0.000000399. The van der Waals surface area contributed by atoms with Crippen LogP contribution in [0.25, 0.3) is 0 Å². The number of rotatable bonds is 3. The van der Waals surface area contributed by atoms with Crippen molar-refractivity contribution in [2.75, 3.05) is 14.2 Å². The highest BCUT2D eigenvalue weighted by molar-refractivity contribution is 9.10. The fourth-order valence-corrected chi connectivity index (χ4v) is 1.54. The standard InChI is InChI=1S/C10H12OS.C4H7BrO2/c1-8(10(12)11-2)9-6-4-3-5-7-9;1-3(5)4(6)7-2/h3-8H,1-2H3;3H,1-2H3. The van der Waals surface area contributed by atoms with E-state index in [1.807, 2.05) is 25.1 Å². The third-order valence-corrected chi connectivity index (χ3v) is 3.27. The maximum absolute atomic E-state index is 10.2. The van der Waals surface area contributed by atoms with Crippen LogP contribution in [-0.2, 0) is 14.3 Å². The van der Waals surface area contributed by atoms with E-state index in [0.29, 0.717) is 5.05 Å². The molecule has 1 aromatic rings. The van der Waals surface area contributed by atoms with Gasteiger partial charge < -0.3 is 9.47 Å². The molecule has 106 valence electrons. The van der Waals surface area contributed by atoms with Gasteiger partial charge in [0.1, 0.15) is 4.83 Å². The Labute approximate surface area is 128 Å². The molecule has 0 radical (unpaired) electrons. The first-order valence-corrected chi connectivity index (χ1v) is 7.11. The van der Waals surface area contributed by atoms with Gasteiger partial charge in [-0.05, 0) is 24.7 Å². The molecule has 3 nitrogen and oxygen atoms in total. The molecule has 2 unspecified atom stereocenters. The molecule has 1 rings (SSSR count). The number of benzene rings is 1. The van der Waals surface area contributed by atoms with Crippen molar-refractivity contribution in [1.29, 1.82) is 0 Å². The van der Waals surface area contributed by atoms with Gasteiger partial charge in [0.2, 0.25) is 0 Å². The maximum Gasteiger partial charge on any atom is 0.319 e. The lowest BCUT2D eigenvalue weighted by Gasteiger charge is -2.11. The van der Waals surface area contributed by atoms with Crippen molar-refractivity contribution in [2.45, 2.75) is 24.6 Å². The quantitative estimate of drug-likeness (QED) is 0.474. The predicted octanol–water partition coefficient (Wildman–Crippen LogP) is 3.71. The van der Waals surface area contributed by atoms with Crippen molar-refractivity contribution in [3.63, 3.8) is 0 Å². The summed E-state index contributed by atoms with van der Waals surface area (Å²) < 4.78 is 9.32. The Hall–Kier alpha value is -0.940. The van der Waals surface area contributed by atoms with E-state index in [4.69, 9.17) is 17.0 Å². The minimum absolute atomic E-state index is 0.183. The minimum atomic E-state index is -0.236. The van der Waals surface area contributed by atoms with Crippen molar-refractivity contribution in [1.82, 2.24) is 0 Å². The van der Waals surface area contributed by atoms with Gasteiger partial charge in [-0.15, -0.1) is 0 Å². The van der Waals surface area contributed by atoms with Gasteiger partial charge in [0.15, 0.2) is 5.05 Å². The van der Waals surface area contributed by atoms with E-state index >= 15 is 0 Å². The second-order valence-electron chi connectivity index (χ2n) is 3.79. The summed E-state index contributed by atoms with van der Waals surface area (Å²) in [5.74, 6) is -0.0359. The van der Waals surface area contributed by atoms with E-state index in [9.17, 15) is 4.79 Å². The number of hydrogen-bond donors (Lipinski definition) is 0. The van der Waals surface area contributed by atoms with Crippen LogP contribution in [0.1, 0.15) is 25.3 Å². The monoisotopic (exact) mass is 346 g/mol. The number of esters is 1. The number of alkyl halides is 1. The van der Waals surface area contributed by atoms with Gasteiger partial charge in [0.25, 0.3) is 0 Å². The van der Waals surface area contributed by atoms with Gasteiger partial charge in [-0.3, -0.25) is 4.79 Å². The molecule has 0 bridgehead atoms. The Morgan fingerprint density at radius 2 is 1.68 bits per heavy atom. The van der Waals surface area contributed by atoms with Crippen molar-refractivity contribution in [3.8, 4) is 0 Å². The van der Waals surface area contributed by atoms with Gasteiger partial charge in [-0.1, -0.05) is 53.2 Å². The molecule has 0 spiro atoms. The van der Waals surface area contributed by atoms with Gasteiger partial charge in [0.05, 0.1) is 14.2 Å². The summed E-state index contributed by atoms with van der Waals surface area (Å²) in [5.41, 5.74) is 1.20. The number of carbonyl (C=O) groups is 1. The third-order valence-electron chi connectivity index (χ3n) is 2.38. The summed E-state index contributed by atoms with van der Waals surface area (Å²) in [6.45, 7) is 3.76. The van der Waals surface area contributed by atoms with Crippen molar-refractivity contribution >= 4 is 39.2 Å². The second kappa shape index (κ2) is 9.92. The van der Waals surface area contributed by atoms with E-state index in [1.54, 1.807) is 14.0 Å². The zero-order valence-electron chi connectivity index (χ0n) is 11.6. The molecule has 0 heterocycles. The van der Waals surface area contributed by atoms with Gasteiger partial charge in [-0.25, -0.2) is 0 Å². The number of ether oxygens (including phenoxy) is 2. The molecule has 0 N–H and O–H groups in total. The molecular weight excluding hydrogens is 328 g/mol. The Morgan fingerprint density at radius 1 is 1.16 bits per heavy atom. The van der Waals surface area contributed by atoms with Crippen molar-refractivity contribution in [3.05, 3.63) is 35.9 Å². The minimum Gasteiger partial charge on any atom is -0.490 e. The molecule has 0 fully saturated rings. The smallest absolute Gasteiger partial charge is 0.319 e. The van der Waals surface area contributed by atoms with Crippen molar-refractivity contribution < 1.29 is 14.3 Å². The number of carbonyl (C=O) groups excluding carboxylic acids is 1. The summed E-state index contributed by atoms with van der Waals surface area (Å²) in [6, 6.07) is 10.1. The topological polar surface area (TPSA) is 35.5 Å². The first-order chi connectivity index (χ1) is 8.93. The number of halogens is 1. The van der Waals surface area contributed by atoms with Crippen molar-refractivity contribution in [2.24, 2.45) is 0 Å². The summed E-state index contributed by atoms with van der Waals surface area (Å²) in [6.07, 6.45) is 0. The average Bonchev–Trinajstić information content (AvgIpc) is 2.46. The van der Waals surface area contributed by atoms with E-state index in [-0.39, 0.29) is 16.7 Å². The normalized spacial score (nSPS) is 12.5. The van der Waals surface area contributed by atoms with Crippen LogP contribution in [0, 0.1) is 0 Å². The first-order valence-electron chi connectivity index (χ1n) is 5.78. The number of methoxy groups -OCH3 is 2. The van der Waals surface area contributed by atoms with E-state index in [1.165, 1.54) is 12.7 Å². The van der Waals surface area contributed by atoms with Crippen LogP contribution in [0.3, 0.4) is 0 Å². The van der Waals surface area contributed by atoms with Crippen LogP contribution in [0.4, 0.5) is 0 Å². The number of hydrogen-bond acceptors (Lipinski definition) is 4. The average molecular weight is 347 g/mol. The molecule has 5 heteroatoms. The summed E-state index contributed by atoms with van der Waals surface area (Å²) in [7, 11) is 2.97. The van der Waals surface area contributed by atoms with Crippen LogP contribution in [-0.4, -0.2) is 30.1 Å². The van der Waals surface area contributed by atoms with E-state index in [0.717, 1.165) is 0 Å². The highest BCUT2D eigenvalue weighted by Crippen LogP contribution is 2.16. The van der Waals surface area contributed by atoms with E-state index < -0.39 is 0 Å². The summed E-state index contributed by atoms with van der Waals surface area (Å²) >= 11 is 8.06. The molecular formula is C14H19BrO3S. The molecule has 0 aromatic heterocycles.